The second kappa shape index (κ2) is 19.3. The molecule has 268 valence electrons. The van der Waals surface area contributed by atoms with Crippen LogP contribution < -0.4 is 15.2 Å². The van der Waals surface area contributed by atoms with Crippen LogP contribution in [0.15, 0.2) is 66.7 Å². The van der Waals surface area contributed by atoms with Gasteiger partial charge in [0.2, 0.25) is 0 Å². The molecule has 0 amide bonds. The third kappa shape index (κ3) is 10.9. The number of nitrogen functional groups attached to an aromatic ring is 1. The largest absolute Gasteiger partial charge is 0.494 e. The molecule has 0 unspecified atom stereocenters. The number of hydrogen-bond acceptors (Lipinski definition) is 7. The van der Waals surface area contributed by atoms with Gasteiger partial charge in [-0.05, 0) is 98.4 Å². The molecule has 7 heteroatoms. The summed E-state index contributed by atoms with van der Waals surface area (Å²) in [6.07, 6.45) is 11.1. The number of hydrogen-bond donors (Lipinski definition) is 1. The highest BCUT2D eigenvalue weighted by Gasteiger charge is 2.37. The highest BCUT2D eigenvalue weighted by atomic mass is 16.5. The maximum absolute atomic E-state index is 6.54. The van der Waals surface area contributed by atoms with Crippen LogP contribution in [0, 0.1) is 10.8 Å². The Morgan fingerprint density at radius 1 is 0.551 bits per heavy atom. The monoisotopic (exact) mass is 673 g/mol. The van der Waals surface area contributed by atoms with Crippen molar-refractivity contribution in [2.45, 2.75) is 78.1 Å². The van der Waals surface area contributed by atoms with E-state index < -0.39 is 0 Å². The number of anilines is 1. The van der Waals surface area contributed by atoms with E-state index in [1.54, 1.807) is 0 Å². The molecular weight excluding hydrogens is 614 g/mol. The third-order valence-electron chi connectivity index (χ3n) is 10.3. The molecule has 0 radical (unpaired) electrons. The van der Waals surface area contributed by atoms with Gasteiger partial charge in [-0.2, -0.15) is 0 Å². The van der Waals surface area contributed by atoms with Gasteiger partial charge < -0.3 is 34.2 Å². The lowest BCUT2D eigenvalue weighted by atomic mass is 9.84. The van der Waals surface area contributed by atoms with Crippen molar-refractivity contribution in [3.05, 3.63) is 66.7 Å². The summed E-state index contributed by atoms with van der Waals surface area (Å²) in [5.41, 5.74) is 12.2. The van der Waals surface area contributed by atoms with E-state index in [0.717, 1.165) is 170 Å². The van der Waals surface area contributed by atoms with E-state index in [1.807, 2.05) is 24.3 Å². The van der Waals surface area contributed by atoms with Crippen molar-refractivity contribution in [1.82, 2.24) is 0 Å². The zero-order chi connectivity index (χ0) is 34.2. The molecule has 0 atom stereocenters. The van der Waals surface area contributed by atoms with Gasteiger partial charge in [0.1, 0.15) is 11.5 Å². The Hall–Kier alpha value is -3.10. The summed E-state index contributed by atoms with van der Waals surface area (Å²) < 4.78 is 34.7. The molecule has 2 saturated heterocycles. The highest BCUT2D eigenvalue weighted by Crippen LogP contribution is 2.38. The van der Waals surface area contributed by atoms with E-state index in [1.165, 1.54) is 0 Å². The fourth-order valence-corrected chi connectivity index (χ4v) is 6.42. The predicted octanol–water partition coefficient (Wildman–Crippen LogP) is 9.37. The van der Waals surface area contributed by atoms with Gasteiger partial charge in [0.05, 0.1) is 52.9 Å². The Bertz CT molecular complexity index is 1360. The predicted molar refractivity (Wildman–Crippen MR) is 198 cm³/mol. The van der Waals surface area contributed by atoms with Crippen molar-refractivity contribution in [3.63, 3.8) is 0 Å². The van der Waals surface area contributed by atoms with E-state index >= 15 is 0 Å². The standard InChI is InChI=1S/C42H59NO6/c1-3-41(30-46-31-41)28-44-24-9-5-7-11-26-48-36-20-16-34(17-21-36)38-14-13-15-39(43)40(38)35-18-22-37(23-19-35)49-27-12-8-6-10-25-45-29-42(4-2)32-47-33-42/h13-23H,3-12,24-33,43H2,1-2H3. The minimum atomic E-state index is 0.277. The molecule has 2 fully saturated rings. The first-order chi connectivity index (χ1) is 24.1. The van der Waals surface area contributed by atoms with Crippen LogP contribution in [-0.2, 0) is 18.9 Å². The van der Waals surface area contributed by atoms with E-state index in [4.69, 9.17) is 34.2 Å². The van der Waals surface area contributed by atoms with Crippen LogP contribution in [0.5, 0.6) is 11.5 Å². The lowest BCUT2D eigenvalue weighted by Crippen LogP contribution is -2.45. The zero-order valence-electron chi connectivity index (χ0n) is 30.0. The summed E-state index contributed by atoms with van der Waals surface area (Å²) in [7, 11) is 0. The van der Waals surface area contributed by atoms with Gasteiger partial charge in [-0.25, -0.2) is 0 Å². The first-order valence-electron chi connectivity index (χ1n) is 18.7. The lowest BCUT2D eigenvalue weighted by Gasteiger charge is -2.40. The molecule has 3 aromatic rings. The zero-order valence-corrected chi connectivity index (χ0v) is 30.0. The van der Waals surface area contributed by atoms with Crippen LogP contribution in [0.2, 0.25) is 0 Å². The number of nitrogens with two attached hydrogens (primary N) is 1. The average Bonchev–Trinajstić information content (AvgIpc) is 3.09. The number of rotatable bonds is 24. The quantitative estimate of drug-likeness (QED) is 0.0750. The van der Waals surface area contributed by atoms with Crippen molar-refractivity contribution < 1.29 is 28.4 Å². The summed E-state index contributed by atoms with van der Waals surface area (Å²) in [4.78, 5) is 0. The second-order valence-corrected chi connectivity index (χ2v) is 14.1. The van der Waals surface area contributed by atoms with Crippen molar-refractivity contribution >= 4 is 5.69 Å². The minimum Gasteiger partial charge on any atom is -0.494 e. The molecule has 49 heavy (non-hydrogen) atoms. The van der Waals surface area contributed by atoms with Gasteiger partial charge in [-0.1, -0.05) is 63.1 Å². The molecule has 0 spiro atoms. The van der Waals surface area contributed by atoms with Gasteiger partial charge in [-0.3, -0.25) is 0 Å². The first-order valence-corrected chi connectivity index (χ1v) is 18.7. The molecular formula is C42H59NO6. The van der Waals surface area contributed by atoms with Gasteiger partial charge in [0, 0.05) is 35.3 Å². The second-order valence-electron chi connectivity index (χ2n) is 14.1. The molecule has 0 bridgehead atoms. The molecule has 0 aromatic heterocycles. The third-order valence-corrected chi connectivity index (χ3v) is 10.3. The average molecular weight is 674 g/mol. The summed E-state index contributed by atoms with van der Waals surface area (Å²) >= 11 is 0. The maximum atomic E-state index is 6.54. The van der Waals surface area contributed by atoms with Crippen molar-refractivity contribution in [2.75, 3.05) is 71.8 Å². The molecule has 7 nitrogen and oxygen atoms in total. The van der Waals surface area contributed by atoms with Crippen molar-refractivity contribution in [2.24, 2.45) is 10.8 Å². The van der Waals surface area contributed by atoms with E-state index in [0.29, 0.717) is 0 Å². The Balaban J connectivity index is 0.985. The summed E-state index contributed by atoms with van der Waals surface area (Å²) in [5.74, 6) is 1.78. The molecule has 0 aliphatic carbocycles. The summed E-state index contributed by atoms with van der Waals surface area (Å²) in [6.45, 7) is 12.6. The summed E-state index contributed by atoms with van der Waals surface area (Å²) in [5, 5.41) is 0. The Kier molecular flexibility index (Phi) is 14.7. The van der Waals surface area contributed by atoms with Crippen molar-refractivity contribution in [3.8, 4) is 33.8 Å². The van der Waals surface area contributed by atoms with Gasteiger partial charge in [0.25, 0.3) is 0 Å². The Labute approximate surface area is 294 Å². The SMILES string of the molecule is CCC1(COCCCCCCOc2ccc(-c3cccc(N)c3-c3ccc(OCCCCCCOCC4(CC)COC4)cc3)cc2)COC1. The van der Waals surface area contributed by atoms with Crippen LogP contribution in [-0.4, -0.2) is 66.1 Å². The maximum Gasteiger partial charge on any atom is 0.119 e. The van der Waals surface area contributed by atoms with E-state index in [-0.39, 0.29) is 10.8 Å². The number of unbranched alkanes of at least 4 members (excludes halogenated alkanes) is 6. The van der Waals surface area contributed by atoms with Crippen molar-refractivity contribution in [1.29, 1.82) is 0 Å². The number of ether oxygens (including phenoxy) is 6. The molecule has 3 aromatic carbocycles. The van der Waals surface area contributed by atoms with Crippen LogP contribution in [0.25, 0.3) is 22.3 Å². The molecule has 2 heterocycles. The smallest absolute Gasteiger partial charge is 0.119 e. The fourth-order valence-electron chi connectivity index (χ4n) is 6.42. The van der Waals surface area contributed by atoms with Gasteiger partial charge >= 0.3 is 0 Å². The Morgan fingerprint density at radius 3 is 1.43 bits per heavy atom. The first kappa shape index (κ1) is 37.2. The number of benzene rings is 3. The molecule has 2 N–H and O–H groups in total. The van der Waals surface area contributed by atoms with Crippen LogP contribution >= 0.6 is 0 Å². The van der Waals surface area contributed by atoms with Gasteiger partial charge in [-0.15, -0.1) is 0 Å². The lowest BCUT2D eigenvalue weighted by molar-refractivity contribution is -0.150. The minimum absolute atomic E-state index is 0.277. The Morgan fingerprint density at radius 2 is 1.00 bits per heavy atom. The fraction of sp³-hybridized carbons (Fsp3) is 0.571. The molecule has 2 aliphatic heterocycles. The summed E-state index contributed by atoms with van der Waals surface area (Å²) in [6, 6.07) is 22.8. The molecule has 2 aliphatic rings. The van der Waals surface area contributed by atoms with E-state index in [9.17, 15) is 0 Å². The molecule has 0 saturated carbocycles. The normalized spacial score (nSPS) is 16.1. The van der Waals surface area contributed by atoms with Crippen LogP contribution in [0.1, 0.15) is 78.1 Å². The van der Waals surface area contributed by atoms with Gasteiger partial charge in [0.15, 0.2) is 0 Å². The molecule has 5 rings (SSSR count). The topological polar surface area (TPSA) is 81.4 Å². The van der Waals surface area contributed by atoms with E-state index in [2.05, 4.69) is 56.3 Å². The van der Waals surface area contributed by atoms with Crippen LogP contribution in [0.3, 0.4) is 0 Å². The van der Waals surface area contributed by atoms with Crippen LogP contribution in [0.4, 0.5) is 5.69 Å². The highest BCUT2D eigenvalue weighted by molar-refractivity contribution is 5.91.